The van der Waals surface area contributed by atoms with Gasteiger partial charge in [-0.15, -0.1) is 0 Å². The Bertz CT molecular complexity index is 2190. The lowest BCUT2D eigenvalue weighted by atomic mass is 10.2. The van der Waals surface area contributed by atoms with Crippen LogP contribution in [0, 0.1) is 12.7 Å². The van der Waals surface area contributed by atoms with Crippen LogP contribution in [-0.2, 0) is 26.2 Å². The molecular weight excluding hydrogens is 685 g/mol. The number of esters is 1. The minimum Gasteiger partial charge on any atom is -0.497 e. The molecule has 0 fully saturated rings. The van der Waals surface area contributed by atoms with E-state index in [0.717, 1.165) is 6.07 Å². The number of carbonyl (C=O) groups is 2. The summed E-state index contributed by atoms with van der Waals surface area (Å²) in [6, 6.07) is 19.7. The number of hydrogen-bond donors (Lipinski definition) is 3. The van der Waals surface area contributed by atoms with Crippen LogP contribution in [0.15, 0.2) is 83.8 Å². The number of amides is 1. The van der Waals surface area contributed by atoms with Crippen LogP contribution >= 0.6 is 0 Å². The van der Waals surface area contributed by atoms with Crippen molar-refractivity contribution in [3.05, 3.63) is 106 Å². The topological polar surface area (TPSA) is 180 Å². The van der Waals surface area contributed by atoms with Gasteiger partial charge in [0, 0.05) is 29.4 Å². The lowest BCUT2D eigenvalue weighted by Crippen LogP contribution is -2.30. The van der Waals surface area contributed by atoms with Gasteiger partial charge in [-0.2, -0.15) is 8.42 Å². The first-order valence-corrected chi connectivity index (χ1v) is 17.3. The number of nitrogens with zero attached hydrogens (tertiary/aromatic N) is 3. The van der Waals surface area contributed by atoms with Crippen molar-refractivity contribution < 1.29 is 41.2 Å². The first kappa shape index (κ1) is 38.2. The van der Waals surface area contributed by atoms with Crippen LogP contribution < -0.4 is 25.7 Å². The molecule has 270 valence electrons. The summed E-state index contributed by atoms with van der Waals surface area (Å²) >= 11 is 0. The summed E-state index contributed by atoms with van der Waals surface area (Å²) < 4.78 is 61.6. The van der Waals surface area contributed by atoms with E-state index < -0.39 is 39.5 Å². The standard InChI is InChI=1S/C33H32FN5O6.C2H6O3S/c1-20(44-30(40)18-35-3)19-38-21(2)31(33(42)39(38)23-8-6-5-7-9-23)32(41)37-22-10-13-29(26(34)16-22)45-28-14-15-36-27-17-24(43-4)11-12-25(27)28;1-2-6(3,4)5/h5-17,20,35H,18-19H2,1-4H3,(H,37,41);2H2,1H3,(H,3,4,5)/t20-;/m1./s1. The second-order valence-electron chi connectivity index (χ2n) is 11.1. The van der Waals surface area contributed by atoms with Crippen LogP contribution in [-0.4, -0.2) is 71.8 Å². The van der Waals surface area contributed by atoms with Gasteiger partial charge in [-0.1, -0.05) is 18.2 Å². The van der Waals surface area contributed by atoms with E-state index >= 15 is 4.39 Å². The normalized spacial score (nSPS) is 11.7. The lowest BCUT2D eigenvalue weighted by molar-refractivity contribution is -0.147. The number of methoxy groups -OCH3 is 1. The fraction of sp³-hybridized carbons (Fsp3) is 0.257. The molecule has 3 aromatic carbocycles. The van der Waals surface area contributed by atoms with E-state index in [0.29, 0.717) is 33.8 Å². The van der Waals surface area contributed by atoms with Gasteiger partial charge >= 0.3 is 5.97 Å². The Hall–Kier alpha value is -5.58. The molecule has 0 aliphatic heterocycles. The quantitative estimate of drug-likeness (QED) is 0.120. The van der Waals surface area contributed by atoms with Gasteiger partial charge in [0.1, 0.15) is 23.2 Å². The molecule has 1 atom stereocenters. The number of likely N-dealkylation sites (N-methyl/N-ethyl adjacent to an activating group) is 1. The Morgan fingerprint density at radius 1 is 1.04 bits per heavy atom. The van der Waals surface area contributed by atoms with Crippen molar-refractivity contribution in [2.75, 3.05) is 31.8 Å². The molecule has 2 aromatic heterocycles. The van der Waals surface area contributed by atoms with Crippen molar-refractivity contribution in [3.63, 3.8) is 0 Å². The number of para-hydroxylation sites is 1. The number of hydrogen-bond acceptors (Lipinski definition) is 10. The average Bonchev–Trinajstić information content (AvgIpc) is 3.34. The number of carbonyl (C=O) groups excluding carboxylic acids is 2. The number of nitrogens with one attached hydrogen (secondary N) is 2. The number of benzene rings is 3. The molecule has 16 heteroatoms. The summed E-state index contributed by atoms with van der Waals surface area (Å²) in [6.45, 7) is 4.84. The number of ether oxygens (including phenoxy) is 3. The van der Waals surface area contributed by atoms with Crippen molar-refractivity contribution >= 4 is 38.6 Å². The molecule has 0 aliphatic rings. The number of rotatable bonds is 12. The van der Waals surface area contributed by atoms with E-state index in [1.165, 1.54) is 23.7 Å². The molecular formula is C35H38FN5O9S. The molecule has 0 spiro atoms. The highest BCUT2D eigenvalue weighted by Gasteiger charge is 2.26. The maximum Gasteiger partial charge on any atom is 0.320 e. The number of halogens is 1. The minimum absolute atomic E-state index is 0.0307. The molecule has 51 heavy (non-hydrogen) atoms. The van der Waals surface area contributed by atoms with Crippen LogP contribution in [0.5, 0.6) is 17.2 Å². The van der Waals surface area contributed by atoms with Crippen molar-refractivity contribution in [2.45, 2.75) is 33.4 Å². The molecule has 5 rings (SSSR count). The second kappa shape index (κ2) is 16.9. The van der Waals surface area contributed by atoms with Crippen LogP contribution in [0.2, 0.25) is 0 Å². The summed E-state index contributed by atoms with van der Waals surface area (Å²) in [5, 5.41) is 6.03. The Labute approximate surface area is 293 Å². The van der Waals surface area contributed by atoms with Gasteiger partial charge in [0.25, 0.3) is 21.6 Å². The maximum absolute atomic E-state index is 15.2. The molecule has 5 aromatic rings. The van der Waals surface area contributed by atoms with E-state index in [1.807, 2.05) is 0 Å². The lowest BCUT2D eigenvalue weighted by Gasteiger charge is -2.18. The van der Waals surface area contributed by atoms with Crippen molar-refractivity contribution in [3.8, 4) is 22.9 Å². The third-order valence-electron chi connectivity index (χ3n) is 7.39. The fourth-order valence-electron chi connectivity index (χ4n) is 4.94. The second-order valence-corrected chi connectivity index (χ2v) is 12.8. The smallest absolute Gasteiger partial charge is 0.320 e. The zero-order valence-corrected chi connectivity index (χ0v) is 29.4. The first-order valence-electron chi connectivity index (χ1n) is 15.6. The van der Waals surface area contributed by atoms with Gasteiger partial charge in [-0.25, -0.2) is 9.07 Å². The number of aromatic nitrogens is 3. The SMILES string of the molecule is CCS(=O)(=O)O.CNCC(=O)O[C@H](C)Cn1c(C)c(C(=O)Nc2ccc(Oc3ccnc4cc(OC)ccc34)c(F)c2)c(=O)n1-c1ccccc1. The zero-order valence-electron chi connectivity index (χ0n) is 28.5. The number of pyridine rings is 1. The number of fused-ring (bicyclic) bond motifs is 1. The molecule has 0 radical (unpaired) electrons. The Morgan fingerprint density at radius 2 is 1.75 bits per heavy atom. The molecule has 0 aliphatic carbocycles. The molecule has 14 nitrogen and oxygen atoms in total. The van der Waals surface area contributed by atoms with Crippen LogP contribution in [0.25, 0.3) is 16.6 Å². The molecule has 3 N–H and O–H groups in total. The van der Waals surface area contributed by atoms with E-state index in [9.17, 15) is 22.8 Å². The molecule has 0 saturated heterocycles. The average molecular weight is 724 g/mol. The van der Waals surface area contributed by atoms with Gasteiger partial charge in [0.15, 0.2) is 11.6 Å². The highest BCUT2D eigenvalue weighted by Crippen LogP contribution is 2.33. The highest BCUT2D eigenvalue weighted by molar-refractivity contribution is 7.85. The first-order chi connectivity index (χ1) is 24.3. The monoisotopic (exact) mass is 723 g/mol. The fourth-order valence-corrected chi connectivity index (χ4v) is 4.94. The van der Waals surface area contributed by atoms with Gasteiger partial charge < -0.3 is 24.8 Å². The van der Waals surface area contributed by atoms with E-state index in [1.54, 1.807) is 93.5 Å². The summed E-state index contributed by atoms with van der Waals surface area (Å²) in [5.41, 5.74) is 0.901. The van der Waals surface area contributed by atoms with Gasteiger partial charge in [-0.3, -0.25) is 28.6 Å². The third kappa shape index (κ3) is 9.78. The van der Waals surface area contributed by atoms with Gasteiger partial charge in [-0.05, 0) is 70.3 Å². The van der Waals surface area contributed by atoms with Crippen molar-refractivity contribution in [1.82, 2.24) is 19.7 Å². The number of anilines is 1. The summed E-state index contributed by atoms with van der Waals surface area (Å²) in [4.78, 5) is 43.5. The highest BCUT2D eigenvalue weighted by atomic mass is 32.2. The predicted octanol–water partition coefficient (Wildman–Crippen LogP) is 4.73. The van der Waals surface area contributed by atoms with E-state index in [2.05, 4.69) is 15.6 Å². The third-order valence-corrected chi connectivity index (χ3v) is 8.12. The van der Waals surface area contributed by atoms with Crippen molar-refractivity contribution in [1.29, 1.82) is 0 Å². The summed E-state index contributed by atoms with van der Waals surface area (Å²) in [5.74, 6) is -1.14. The van der Waals surface area contributed by atoms with E-state index in [4.69, 9.17) is 18.8 Å². The Kier molecular flexibility index (Phi) is 12.7. The van der Waals surface area contributed by atoms with Gasteiger partial charge in [0.05, 0.1) is 42.9 Å². The molecule has 1 amide bonds. The van der Waals surface area contributed by atoms with Crippen molar-refractivity contribution in [2.24, 2.45) is 0 Å². The van der Waals surface area contributed by atoms with Gasteiger partial charge in [0.2, 0.25) is 0 Å². The minimum atomic E-state index is -3.66. The Balaban J connectivity index is 0.000000894. The van der Waals surface area contributed by atoms with Crippen LogP contribution in [0.1, 0.15) is 29.9 Å². The van der Waals surface area contributed by atoms with E-state index in [-0.39, 0.29) is 35.8 Å². The molecule has 0 unspecified atom stereocenters. The molecule has 0 saturated carbocycles. The zero-order chi connectivity index (χ0) is 37.3. The predicted molar refractivity (Wildman–Crippen MR) is 189 cm³/mol. The Morgan fingerprint density at radius 3 is 2.37 bits per heavy atom. The summed E-state index contributed by atoms with van der Waals surface area (Å²) in [6.07, 6.45) is 0.941. The van der Waals surface area contributed by atoms with Crippen LogP contribution in [0.3, 0.4) is 0 Å². The maximum atomic E-state index is 15.2. The largest absolute Gasteiger partial charge is 0.497 e. The molecule has 2 heterocycles. The van der Waals surface area contributed by atoms with Crippen LogP contribution in [0.4, 0.5) is 10.1 Å². The summed E-state index contributed by atoms with van der Waals surface area (Å²) in [7, 11) is -0.475. The molecule has 0 bridgehead atoms.